The fourth-order valence-electron chi connectivity index (χ4n) is 1.61. The first-order chi connectivity index (χ1) is 6.94. The van der Waals surface area contributed by atoms with Gasteiger partial charge in [0.2, 0.25) is 0 Å². The average molecular weight is 324 g/mol. The van der Waals surface area contributed by atoms with Gasteiger partial charge in [-0.3, -0.25) is 9.59 Å². The summed E-state index contributed by atoms with van der Waals surface area (Å²) < 4.78 is 6.15. The topological polar surface area (TPSA) is 63.6 Å². The van der Waals surface area contributed by atoms with Gasteiger partial charge >= 0.3 is 0 Å². The molecule has 4 nitrogen and oxygen atoms in total. The number of aliphatic hydroxyl groups is 1. The minimum atomic E-state index is -0.706. The minimum Gasteiger partial charge on any atom is -0.505 e. The predicted molar refractivity (Wildman–Crippen MR) is 63.2 cm³/mol. The molecule has 1 rings (SSSR count). The summed E-state index contributed by atoms with van der Waals surface area (Å²) in [6.45, 7) is 3.22. The molecule has 1 heterocycles. The van der Waals surface area contributed by atoms with E-state index in [1.807, 2.05) is 0 Å². The molecule has 1 N–H and O–H groups in total. The molecule has 1 aliphatic rings. The molecule has 0 unspecified atom stereocenters. The van der Waals surface area contributed by atoms with Crippen molar-refractivity contribution in [2.75, 3.05) is 4.43 Å². The Labute approximate surface area is 102 Å². The van der Waals surface area contributed by atoms with Crippen molar-refractivity contribution in [2.45, 2.75) is 32.0 Å². The van der Waals surface area contributed by atoms with Gasteiger partial charge in [-0.1, -0.05) is 22.6 Å². The van der Waals surface area contributed by atoms with E-state index in [2.05, 4.69) is 22.6 Å². The van der Waals surface area contributed by atoms with Crippen LogP contribution in [-0.2, 0) is 14.3 Å². The summed E-state index contributed by atoms with van der Waals surface area (Å²) in [5, 5.41) is 9.44. The number of allylic oxidation sites excluding steroid dienone is 1. The Hall–Kier alpha value is -0.430. The van der Waals surface area contributed by atoms with Crippen molar-refractivity contribution < 1.29 is 19.4 Å². The number of hydrogen-bond donors (Lipinski definition) is 1. The Morgan fingerprint density at radius 1 is 1.80 bits per heavy atom. The number of rotatable bonds is 3. The molecule has 0 aromatic rings. The highest BCUT2D eigenvalue weighted by atomic mass is 127. The van der Waals surface area contributed by atoms with E-state index in [1.54, 1.807) is 6.92 Å². The lowest BCUT2D eigenvalue weighted by Gasteiger charge is -2.23. The second kappa shape index (κ2) is 4.61. The van der Waals surface area contributed by atoms with Gasteiger partial charge in [0.25, 0.3) is 0 Å². The summed E-state index contributed by atoms with van der Waals surface area (Å²) in [7, 11) is 0. The Bertz CT molecular complexity index is 323. The molecular weight excluding hydrogens is 311 g/mol. The van der Waals surface area contributed by atoms with Gasteiger partial charge in [0, 0.05) is 16.4 Å². The standard InChI is InChI=1S/C10H13IO4/c1-6(13)9-3-7(8(14)4-12)10(2,5-11)15-9/h4,9,14H,3,5H2,1-2H3/b8-7-/t9-,10-/m1/s1. The number of Topliss-reactive ketones (excluding diaryl/α,β-unsaturated/α-hetero) is 1. The predicted octanol–water partition coefficient (Wildman–Crippen LogP) is 1.57. The number of aldehydes is 1. The van der Waals surface area contributed by atoms with Gasteiger partial charge in [-0.15, -0.1) is 0 Å². The van der Waals surface area contributed by atoms with Crippen LogP contribution in [0.15, 0.2) is 11.3 Å². The Morgan fingerprint density at radius 2 is 2.40 bits per heavy atom. The molecule has 0 amide bonds. The summed E-state index contributed by atoms with van der Waals surface area (Å²) in [4.78, 5) is 21.7. The van der Waals surface area contributed by atoms with E-state index in [1.165, 1.54) is 6.92 Å². The van der Waals surface area contributed by atoms with Crippen molar-refractivity contribution in [3.05, 3.63) is 11.3 Å². The van der Waals surface area contributed by atoms with Crippen LogP contribution >= 0.6 is 22.6 Å². The molecule has 0 radical (unpaired) electrons. The zero-order chi connectivity index (χ0) is 11.6. The van der Waals surface area contributed by atoms with Crippen LogP contribution in [-0.4, -0.2) is 33.3 Å². The Kier molecular flexibility index (Phi) is 3.88. The van der Waals surface area contributed by atoms with Crippen LogP contribution < -0.4 is 0 Å². The second-order valence-electron chi connectivity index (χ2n) is 3.77. The third kappa shape index (κ3) is 2.39. The van der Waals surface area contributed by atoms with Crippen LogP contribution in [0.5, 0.6) is 0 Å². The monoisotopic (exact) mass is 324 g/mol. The Morgan fingerprint density at radius 3 is 2.80 bits per heavy atom. The summed E-state index contributed by atoms with van der Waals surface area (Å²) in [6, 6.07) is 0. The van der Waals surface area contributed by atoms with Gasteiger partial charge in [-0.2, -0.15) is 0 Å². The number of halogens is 1. The molecule has 0 aromatic heterocycles. The number of alkyl halides is 1. The lowest BCUT2D eigenvalue weighted by Crippen LogP contribution is -2.31. The smallest absolute Gasteiger partial charge is 0.184 e. The van der Waals surface area contributed by atoms with E-state index in [4.69, 9.17) is 4.74 Å². The highest BCUT2D eigenvalue weighted by Gasteiger charge is 2.43. The largest absolute Gasteiger partial charge is 0.505 e. The molecular formula is C10H13IO4. The van der Waals surface area contributed by atoms with E-state index in [-0.39, 0.29) is 11.5 Å². The molecule has 1 fully saturated rings. The number of ketones is 1. The molecule has 0 aromatic carbocycles. The molecule has 0 saturated carbocycles. The summed E-state index contributed by atoms with van der Waals surface area (Å²) in [5.41, 5.74) is -0.186. The molecule has 0 spiro atoms. The molecule has 1 aliphatic heterocycles. The second-order valence-corrected chi connectivity index (χ2v) is 4.53. The zero-order valence-corrected chi connectivity index (χ0v) is 10.8. The molecule has 84 valence electrons. The fourth-order valence-corrected chi connectivity index (χ4v) is 2.25. The van der Waals surface area contributed by atoms with E-state index >= 15 is 0 Å². The van der Waals surface area contributed by atoms with Crippen LogP contribution in [0.2, 0.25) is 0 Å². The molecule has 15 heavy (non-hydrogen) atoms. The lowest BCUT2D eigenvalue weighted by atomic mass is 9.95. The van der Waals surface area contributed by atoms with E-state index in [0.717, 1.165) is 0 Å². The summed E-state index contributed by atoms with van der Waals surface area (Å²) >= 11 is 2.11. The van der Waals surface area contributed by atoms with Crippen LogP contribution in [0, 0.1) is 0 Å². The van der Waals surface area contributed by atoms with E-state index in [9.17, 15) is 14.7 Å². The number of hydrogen-bond acceptors (Lipinski definition) is 4. The summed E-state index contributed by atoms with van der Waals surface area (Å²) in [6.07, 6.45) is 0.160. The molecule has 2 atom stereocenters. The maximum atomic E-state index is 11.2. The highest BCUT2D eigenvalue weighted by Crippen LogP contribution is 2.38. The van der Waals surface area contributed by atoms with Crippen molar-refractivity contribution in [1.29, 1.82) is 0 Å². The minimum absolute atomic E-state index is 0.0835. The lowest BCUT2D eigenvalue weighted by molar-refractivity contribution is -0.130. The highest BCUT2D eigenvalue weighted by molar-refractivity contribution is 14.1. The zero-order valence-electron chi connectivity index (χ0n) is 8.62. The van der Waals surface area contributed by atoms with Crippen LogP contribution in [0.3, 0.4) is 0 Å². The van der Waals surface area contributed by atoms with Crippen molar-refractivity contribution >= 4 is 34.7 Å². The first-order valence-corrected chi connectivity index (χ1v) is 6.09. The van der Waals surface area contributed by atoms with Gasteiger partial charge in [-0.05, 0) is 13.8 Å². The molecule has 0 bridgehead atoms. The molecule has 0 aliphatic carbocycles. The third-order valence-corrected chi connectivity index (χ3v) is 4.02. The number of aliphatic hydroxyl groups excluding tert-OH is 1. The van der Waals surface area contributed by atoms with Gasteiger partial charge in [0.1, 0.15) is 11.7 Å². The third-order valence-electron chi connectivity index (χ3n) is 2.56. The van der Waals surface area contributed by atoms with E-state index in [0.29, 0.717) is 22.7 Å². The molecule has 5 heteroatoms. The number of ether oxygens (including phenoxy) is 1. The maximum Gasteiger partial charge on any atom is 0.184 e. The van der Waals surface area contributed by atoms with Crippen molar-refractivity contribution in [1.82, 2.24) is 0 Å². The first-order valence-electron chi connectivity index (χ1n) is 4.56. The van der Waals surface area contributed by atoms with Gasteiger partial charge in [0.05, 0.1) is 0 Å². The maximum absolute atomic E-state index is 11.2. The molecule has 1 saturated heterocycles. The van der Waals surface area contributed by atoms with Gasteiger partial charge in [0.15, 0.2) is 17.8 Å². The number of carbonyl (C=O) groups is 2. The van der Waals surface area contributed by atoms with Crippen molar-refractivity contribution in [3.63, 3.8) is 0 Å². The average Bonchev–Trinajstić information content (AvgIpc) is 2.56. The quantitative estimate of drug-likeness (QED) is 0.281. The van der Waals surface area contributed by atoms with Gasteiger partial charge in [-0.25, -0.2) is 0 Å². The van der Waals surface area contributed by atoms with Crippen LogP contribution in [0.1, 0.15) is 20.3 Å². The number of carbonyl (C=O) groups excluding carboxylic acids is 2. The first kappa shape index (κ1) is 12.6. The van der Waals surface area contributed by atoms with Crippen LogP contribution in [0.25, 0.3) is 0 Å². The fraction of sp³-hybridized carbons (Fsp3) is 0.600. The van der Waals surface area contributed by atoms with Crippen LogP contribution in [0.4, 0.5) is 0 Å². The van der Waals surface area contributed by atoms with E-state index < -0.39 is 11.7 Å². The SMILES string of the molecule is CC(=O)[C@H]1C/C(=C(/O)C=O)[C@@](C)(CI)O1. The normalized spacial score (nSPS) is 33.9. The van der Waals surface area contributed by atoms with Crippen molar-refractivity contribution in [3.8, 4) is 0 Å². The summed E-state index contributed by atoms with van der Waals surface area (Å²) in [5.74, 6) is -0.391. The Balaban J connectivity index is 3.07. The van der Waals surface area contributed by atoms with Crippen molar-refractivity contribution in [2.24, 2.45) is 0 Å². The van der Waals surface area contributed by atoms with Gasteiger partial charge < -0.3 is 9.84 Å².